The molecule has 7 heteroatoms. The average Bonchev–Trinajstić information content (AvgIpc) is 3.07. The molecule has 0 spiro atoms. The van der Waals surface area contributed by atoms with Gasteiger partial charge in [-0.05, 0) is 80.2 Å². The molecule has 1 unspecified atom stereocenters. The van der Waals surface area contributed by atoms with Crippen molar-refractivity contribution < 1.29 is 19.1 Å². The van der Waals surface area contributed by atoms with Crippen LogP contribution in [0.4, 0.5) is 0 Å². The summed E-state index contributed by atoms with van der Waals surface area (Å²) in [5.74, 6) is 0.760. The maximum absolute atomic E-state index is 12.9. The number of carbonyl (C=O) groups is 3. The van der Waals surface area contributed by atoms with Gasteiger partial charge in [-0.3, -0.25) is 19.7 Å². The molecule has 2 aliphatic heterocycles. The second-order valence-electron chi connectivity index (χ2n) is 11.1. The Labute approximate surface area is 195 Å². The molecule has 7 nitrogen and oxygen atoms in total. The van der Waals surface area contributed by atoms with Crippen molar-refractivity contribution in [3.05, 3.63) is 29.3 Å². The number of rotatable bonds is 6. The number of carbonyl (C=O) groups excluding carboxylic acids is 3. The van der Waals surface area contributed by atoms with Gasteiger partial charge >= 0.3 is 0 Å². The van der Waals surface area contributed by atoms with E-state index in [0.29, 0.717) is 30.0 Å². The normalized spacial score (nSPS) is 29.5. The van der Waals surface area contributed by atoms with Gasteiger partial charge in [0.1, 0.15) is 17.9 Å². The first-order valence-electron chi connectivity index (χ1n) is 12.5. The Hall–Kier alpha value is -2.41. The van der Waals surface area contributed by atoms with Crippen molar-refractivity contribution in [2.75, 3.05) is 6.54 Å². The molecule has 3 atom stereocenters. The minimum Gasteiger partial charge on any atom is -0.489 e. The Morgan fingerprint density at radius 2 is 1.91 bits per heavy atom. The maximum atomic E-state index is 12.9. The Kier molecular flexibility index (Phi) is 5.93. The van der Waals surface area contributed by atoms with Crippen molar-refractivity contribution >= 4 is 17.7 Å². The highest BCUT2D eigenvalue weighted by atomic mass is 16.5. The van der Waals surface area contributed by atoms with E-state index in [1.807, 2.05) is 18.2 Å². The smallest absolute Gasteiger partial charge is 0.255 e. The van der Waals surface area contributed by atoms with E-state index in [4.69, 9.17) is 4.74 Å². The van der Waals surface area contributed by atoms with Crippen LogP contribution < -0.4 is 15.4 Å². The van der Waals surface area contributed by atoms with Crippen LogP contribution in [0.15, 0.2) is 18.2 Å². The lowest BCUT2D eigenvalue weighted by Gasteiger charge is -2.44. The van der Waals surface area contributed by atoms with E-state index in [1.165, 1.54) is 25.7 Å². The van der Waals surface area contributed by atoms with Crippen LogP contribution >= 0.6 is 0 Å². The molecule has 1 aromatic rings. The largest absolute Gasteiger partial charge is 0.489 e. The molecule has 0 aromatic heterocycles. The monoisotopic (exact) mass is 453 g/mol. The third kappa shape index (κ3) is 4.65. The van der Waals surface area contributed by atoms with Gasteiger partial charge in [0.25, 0.3) is 5.91 Å². The summed E-state index contributed by atoms with van der Waals surface area (Å²) in [7, 11) is 0. The first-order chi connectivity index (χ1) is 15.8. The molecule has 1 aromatic carbocycles. The van der Waals surface area contributed by atoms with E-state index in [2.05, 4.69) is 24.5 Å². The summed E-state index contributed by atoms with van der Waals surface area (Å²) in [6.07, 6.45) is 7.93. The molecule has 3 fully saturated rings. The second-order valence-corrected chi connectivity index (χ2v) is 11.1. The number of benzene rings is 1. The van der Waals surface area contributed by atoms with Crippen LogP contribution in [0, 0.1) is 11.3 Å². The summed E-state index contributed by atoms with van der Waals surface area (Å²) >= 11 is 0. The van der Waals surface area contributed by atoms with Gasteiger partial charge in [0.05, 0.1) is 0 Å². The number of imide groups is 1. The Bertz CT molecular complexity index is 951. The number of ether oxygens (including phenoxy) is 1. The third-order valence-corrected chi connectivity index (χ3v) is 7.84. The highest BCUT2D eigenvalue weighted by Crippen LogP contribution is 2.44. The van der Waals surface area contributed by atoms with Crippen molar-refractivity contribution in [3.63, 3.8) is 0 Å². The SMILES string of the molecule is CC1(C)CC(CN[C@@H]2CCCC[C@@H]2Oc2ccc3c(c2)CN(C2CCC(=O)NC2=O)C3=O)C1. The molecule has 1 saturated heterocycles. The third-order valence-electron chi connectivity index (χ3n) is 7.84. The standard InChI is InChI=1S/C26H35N3O4/c1-26(2)12-16(13-26)14-27-20-5-3-4-6-22(20)33-18-7-8-19-17(11-18)15-29(25(19)32)21-9-10-23(30)28-24(21)31/h7-8,11,16,20-22,27H,3-6,9-10,12-15H2,1-2H3,(H,28,30,31)/t20-,21?,22+/m1/s1. The van der Waals surface area contributed by atoms with Crippen molar-refractivity contribution in [2.24, 2.45) is 11.3 Å². The fourth-order valence-electron chi connectivity index (χ4n) is 6.24. The molecular formula is C26H35N3O4. The topological polar surface area (TPSA) is 87.7 Å². The minimum absolute atomic E-state index is 0.133. The molecule has 4 aliphatic rings. The summed E-state index contributed by atoms with van der Waals surface area (Å²) in [6, 6.07) is 5.43. The lowest BCUT2D eigenvalue weighted by Crippen LogP contribution is -2.52. The highest BCUT2D eigenvalue weighted by Gasteiger charge is 2.40. The zero-order chi connectivity index (χ0) is 23.2. The number of piperidine rings is 1. The van der Waals surface area contributed by atoms with E-state index in [1.54, 1.807) is 4.90 Å². The van der Waals surface area contributed by atoms with Crippen LogP contribution in [-0.4, -0.2) is 47.4 Å². The molecule has 2 aliphatic carbocycles. The van der Waals surface area contributed by atoms with Crippen LogP contribution in [0.2, 0.25) is 0 Å². The van der Waals surface area contributed by atoms with Crippen molar-refractivity contribution in [1.82, 2.24) is 15.5 Å². The summed E-state index contributed by atoms with van der Waals surface area (Å²) < 4.78 is 6.45. The predicted octanol–water partition coefficient (Wildman–Crippen LogP) is 3.16. The summed E-state index contributed by atoms with van der Waals surface area (Å²) in [5, 5.41) is 6.14. The zero-order valence-electron chi connectivity index (χ0n) is 19.7. The Balaban J connectivity index is 1.22. The van der Waals surface area contributed by atoms with Crippen molar-refractivity contribution in [3.8, 4) is 5.75 Å². The lowest BCUT2D eigenvalue weighted by molar-refractivity contribution is -0.136. The molecule has 178 valence electrons. The number of nitrogens with one attached hydrogen (secondary N) is 2. The molecule has 3 amide bonds. The molecule has 33 heavy (non-hydrogen) atoms. The van der Waals surface area contributed by atoms with E-state index in [0.717, 1.165) is 36.6 Å². The molecule has 0 bridgehead atoms. The van der Waals surface area contributed by atoms with Gasteiger partial charge in [0.2, 0.25) is 11.8 Å². The molecule has 5 rings (SSSR count). The summed E-state index contributed by atoms with van der Waals surface area (Å²) in [5.41, 5.74) is 2.01. The van der Waals surface area contributed by atoms with Crippen molar-refractivity contribution in [1.29, 1.82) is 0 Å². The fraction of sp³-hybridized carbons (Fsp3) is 0.654. The molecule has 2 heterocycles. The van der Waals surface area contributed by atoms with Gasteiger partial charge in [0, 0.05) is 24.6 Å². The van der Waals surface area contributed by atoms with Gasteiger partial charge < -0.3 is 15.0 Å². The van der Waals surface area contributed by atoms with Crippen LogP contribution in [0.3, 0.4) is 0 Å². The predicted molar refractivity (Wildman–Crippen MR) is 124 cm³/mol. The van der Waals surface area contributed by atoms with Crippen LogP contribution in [0.5, 0.6) is 5.75 Å². The number of hydrogen-bond acceptors (Lipinski definition) is 5. The number of fused-ring (bicyclic) bond motifs is 1. The van der Waals surface area contributed by atoms with Gasteiger partial charge in [-0.2, -0.15) is 0 Å². The average molecular weight is 454 g/mol. The lowest BCUT2D eigenvalue weighted by atomic mass is 9.64. The second kappa shape index (κ2) is 8.75. The van der Waals surface area contributed by atoms with Gasteiger partial charge in [0.15, 0.2) is 0 Å². The maximum Gasteiger partial charge on any atom is 0.255 e. The van der Waals surface area contributed by atoms with Gasteiger partial charge in [-0.25, -0.2) is 0 Å². The molecule has 2 N–H and O–H groups in total. The van der Waals surface area contributed by atoms with E-state index < -0.39 is 6.04 Å². The Morgan fingerprint density at radius 3 is 2.67 bits per heavy atom. The first kappa shape index (κ1) is 22.4. The zero-order valence-corrected chi connectivity index (χ0v) is 19.7. The summed E-state index contributed by atoms with van der Waals surface area (Å²) in [4.78, 5) is 38.2. The number of amides is 3. The number of nitrogens with zero attached hydrogens (tertiary/aromatic N) is 1. The highest BCUT2D eigenvalue weighted by molar-refractivity contribution is 6.05. The summed E-state index contributed by atoms with van der Waals surface area (Å²) in [6.45, 7) is 6.13. The Morgan fingerprint density at radius 1 is 1.12 bits per heavy atom. The van der Waals surface area contributed by atoms with Gasteiger partial charge in [-0.15, -0.1) is 0 Å². The van der Waals surface area contributed by atoms with Crippen LogP contribution in [0.25, 0.3) is 0 Å². The number of hydrogen-bond donors (Lipinski definition) is 2. The molecule has 0 radical (unpaired) electrons. The quantitative estimate of drug-likeness (QED) is 0.646. The minimum atomic E-state index is -0.588. The van der Waals surface area contributed by atoms with E-state index in [9.17, 15) is 14.4 Å². The van der Waals surface area contributed by atoms with E-state index in [-0.39, 0.29) is 30.2 Å². The van der Waals surface area contributed by atoms with Crippen LogP contribution in [-0.2, 0) is 16.1 Å². The van der Waals surface area contributed by atoms with Crippen molar-refractivity contribution in [2.45, 2.75) is 89.9 Å². The van der Waals surface area contributed by atoms with E-state index >= 15 is 0 Å². The molecule has 2 saturated carbocycles. The van der Waals surface area contributed by atoms with Gasteiger partial charge in [-0.1, -0.05) is 20.3 Å². The van der Waals surface area contributed by atoms with Crippen LogP contribution in [0.1, 0.15) is 81.1 Å². The first-order valence-corrected chi connectivity index (χ1v) is 12.5. The fourth-order valence-corrected chi connectivity index (χ4v) is 6.24. The molecular weight excluding hydrogens is 418 g/mol.